The van der Waals surface area contributed by atoms with Crippen molar-refractivity contribution in [3.8, 4) is 0 Å². The van der Waals surface area contributed by atoms with Crippen molar-refractivity contribution in [3.63, 3.8) is 0 Å². The number of ketones is 3. The first kappa shape index (κ1) is 40.5. The number of Topliss-reactive ketones (excluding diaryl/α,β-unsaturated/α-hetero) is 3. The standard InChI is InChI=1S/C26H24ClNO3S.C17H17ClN2O2S/c1-17(29)24-21(12-11-18-7-9-20(15-27)10-8-18)16-32-26-23(25(31)28(24)26)14-22(30)13-19-5-3-2-4-6-19;1-10(21)15-13(9-23-17-14(19)16(22)20(15)17)7-6-11-2-4-12(8-18)5-3-11/h2-12,23,26H,13-16H2,1H3;2-7,14,17H,8-9,19H2,1H3/t23-,26-;14-,17-/m11/s1. The van der Waals surface area contributed by atoms with Crippen molar-refractivity contribution in [2.75, 3.05) is 11.5 Å². The summed E-state index contributed by atoms with van der Waals surface area (Å²) in [4.78, 5) is 65.0. The lowest BCUT2D eigenvalue weighted by Crippen LogP contribution is -2.68. The van der Waals surface area contributed by atoms with Gasteiger partial charge in [-0.3, -0.25) is 33.8 Å². The minimum absolute atomic E-state index is 0.0502. The molecule has 4 atom stereocenters. The molecule has 3 aromatic rings. The van der Waals surface area contributed by atoms with Gasteiger partial charge in [0.1, 0.15) is 17.2 Å². The number of β-lactam (4-membered cyclic amide) rings is 2. The number of hydrogen-bond acceptors (Lipinski definition) is 8. The molecule has 0 unspecified atom stereocenters. The Balaban J connectivity index is 0.000000197. The fraction of sp³-hybridized carbons (Fsp3) is 0.279. The predicted octanol–water partition coefficient (Wildman–Crippen LogP) is 7.54. The number of amides is 2. The van der Waals surface area contributed by atoms with Crippen molar-refractivity contribution >= 4 is 88.0 Å². The number of fused-ring (bicyclic) bond motifs is 2. The number of nitrogens with zero attached hydrogens (tertiary/aromatic N) is 2. The highest BCUT2D eigenvalue weighted by Gasteiger charge is 2.53. The molecule has 2 amide bonds. The van der Waals surface area contributed by atoms with Crippen LogP contribution >= 0.6 is 46.7 Å². The van der Waals surface area contributed by atoms with E-state index in [1.54, 1.807) is 28.4 Å². The van der Waals surface area contributed by atoms with Gasteiger partial charge in [0.25, 0.3) is 0 Å². The topological polar surface area (TPSA) is 118 Å². The number of nitrogens with two attached hydrogens (primary N) is 1. The van der Waals surface area contributed by atoms with E-state index >= 15 is 0 Å². The van der Waals surface area contributed by atoms with Gasteiger partial charge >= 0.3 is 0 Å². The summed E-state index contributed by atoms with van der Waals surface area (Å²) in [6.45, 7) is 2.98. The van der Waals surface area contributed by atoms with E-state index in [0.717, 1.165) is 39.0 Å². The van der Waals surface area contributed by atoms with E-state index in [2.05, 4.69) is 0 Å². The summed E-state index contributed by atoms with van der Waals surface area (Å²) in [5.74, 6) is 1.40. The van der Waals surface area contributed by atoms with Gasteiger partial charge in [-0.25, -0.2) is 0 Å². The molecule has 4 aliphatic heterocycles. The molecule has 3 aromatic carbocycles. The summed E-state index contributed by atoms with van der Waals surface area (Å²) in [6.07, 6.45) is 8.26. The first-order valence-corrected chi connectivity index (χ1v) is 21.0. The second-order valence-electron chi connectivity index (χ2n) is 13.6. The van der Waals surface area contributed by atoms with Crippen LogP contribution in [0.15, 0.2) is 114 Å². The average Bonchev–Trinajstić information content (AvgIpc) is 3.21. The van der Waals surface area contributed by atoms with Crippen LogP contribution in [0.5, 0.6) is 0 Å². The number of rotatable bonds is 12. The monoisotopic (exact) mass is 813 g/mol. The van der Waals surface area contributed by atoms with Gasteiger partial charge in [0.15, 0.2) is 11.6 Å². The Labute approximate surface area is 339 Å². The third-order valence-corrected chi connectivity index (χ3v) is 13.0. The van der Waals surface area contributed by atoms with E-state index in [-0.39, 0.29) is 52.3 Å². The Morgan fingerprint density at radius 1 is 0.673 bits per heavy atom. The van der Waals surface area contributed by atoms with Gasteiger partial charge in [-0.05, 0) is 39.0 Å². The average molecular weight is 815 g/mol. The van der Waals surface area contributed by atoms with Gasteiger partial charge in [-0.1, -0.05) is 103 Å². The Kier molecular flexibility index (Phi) is 13.4. The van der Waals surface area contributed by atoms with E-state index in [4.69, 9.17) is 28.9 Å². The number of allylic oxidation sites excluding steroid dienone is 4. The summed E-state index contributed by atoms with van der Waals surface area (Å²) in [7, 11) is 0. The first-order chi connectivity index (χ1) is 26.5. The quantitative estimate of drug-likeness (QED) is 0.147. The predicted molar refractivity (Wildman–Crippen MR) is 223 cm³/mol. The number of halogens is 2. The molecule has 284 valence electrons. The zero-order chi connectivity index (χ0) is 39.2. The minimum atomic E-state index is -0.497. The normalized spacial score (nSPS) is 21.8. The van der Waals surface area contributed by atoms with Crippen molar-refractivity contribution < 1.29 is 24.0 Å². The van der Waals surface area contributed by atoms with Crippen molar-refractivity contribution in [2.45, 2.75) is 55.2 Å². The second kappa shape index (κ2) is 18.2. The van der Waals surface area contributed by atoms with Crippen molar-refractivity contribution in [1.29, 1.82) is 0 Å². The molecule has 55 heavy (non-hydrogen) atoms. The molecule has 4 aliphatic rings. The van der Waals surface area contributed by atoms with Crippen LogP contribution < -0.4 is 5.73 Å². The van der Waals surface area contributed by atoms with Gasteiger partial charge in [0.05, 0.1) is 22.7 Å². The first-order valence-electron chi connectivity index (χ1n) is 17.8. The van der Waals surface area contributed by atoms with Gasteiger partial charge in [0.2, 0.25) is 11.8 Å². The van der Waals surface area contributed by atoms with Crippen LogP contribution in [0.4, 0.5) is 0 Å². The minimum Gasteiger partial charge on any atom is -0.317 e. The van der Waals surface area contributed by atoms with Crippen LogP contribution in [-0.4, -0.2) is 67.3 Å². The molecule has 8 nitrogen and oxygen atoms in total. The molecule has 12 heteroatoms. The van der Waals surface area contributed by atoms with Crippen LogP contribution in [0.3, 0.4) is 0 Å². The largest absolute Gasteiger partial charge is 0.317 e. The van der Waals surface area contributed by atoms with Crippen molar-refractivity contribution in [1.82, 2.24) is 9.80 Å². The fourth-order valence-electron chi connectivity index (χ4n) is 6.85. The molecule has 0 radical (unpaired) electrons. The maximum atomic E-state index is 12.9. The molecule has 2 saturated heterocycles. The third kappa shape index (κ3) is 9.11. The van der Waals surface area contributed by atoms with Crippen LogP contribution in [0.1, 0.15) is 48.1 Å². The zero-order valence-electron chi connectivity index (χ0n) is 30.5. The number of benzene rings is 3. The molecule has 0 aromatic heterocycles. The zero-order valence-corrected chi connectivity index (χ0v) is 33.6. The third-order valence-electron chi connectivity index (χ3n) is 9.73. The summed E-state index contributed by atoms with van der Waals surface area (Å²) in [5, 5.41) is -0.261. The van der Waals surface area contributed by atoms with E-state index in [9.17, 15) is 24.0 Å². The van der Waals surface area contributed by atoms with E-state index in [1.165, 1.54) is 18.7 Å². The van der Waals surface area contributed by atoms with Crippen molar-refractivity contribution in [2.24, 2.45) is 11.7 Å². The lowest BCUT2D eigenvalue weighted by Gasteiger charge is -2.50. The summed E-state index contributed by atoms with van der Waals surface area (Å²) >= 11 is 14.8. The molecule has 0 aliphatic carbocycles. The van der Waals surface area contributed by atoms with Crippen molar-refractivity contribution in [3.05, 3.63) is 141 Å². The maximum Gasteiger partial charge on any atom is 0.248 e. The fourth-order valence-corrected chi connectivity index (χ4v) is 9.86. The molecular weight excluding hydrogens is 774 g/mol. The van der Waals surface area contributed by atoms with Gasteiger partial charge < -0.3 is 5.73 Å². The van der Waals surface area contributed by atoms with Crippen LogP contribution in [0.25, 0.3) is 12.2 Å². The van der Waals surface area contributed by atoms with Crippen LogP contribution in [-0.2, 0) is 42.2 Å². The molecule has 0 spiro atoms. The highest BCUT2D eigenvalue weighted by molar-refractivity contribution is 8.00. The smallest absolute Gasteiger partial charge is 0.248 e. The summed E-state index contributed by atoms with van der Waals surface area (Å²) in [6, 6.07) is 24.8. The lowest BCUT2D eigenvalue weighted by atomic mass is 9.88. The van der Waals surface area contributed by atoms with E-state index < -0.39 is 6.04 Å². The van der Waals surface area contributed by atoms with E-state index in [0.29, 0.717) is 41.1 Å². The molecular formula is C43H41Cl2N3O5S2. The number of carbonyl (C=O) groups excluding carboxylic acids is 5. The van der Waals surface area contributed by atoms with Gasteiger partial charge in [0, 0.05) is 50.0 Å². The Bertz CT molecular complexity index is 2100. The lowest BCUT2D eigenvalue weighted by molar-refractivity contribution is -0.150. The number of thioether (sulfide) groups is 2. The summed E-state index contributed by atoms with van der Waals surface area (Å²) < 4.78 is 0. The molecule has 2 N–H and O–H groups in total. The number of carbonyl (C=O) groups is 5. The summed E-state index contributed by atoms with van der Waals surface area (Å²) in [5.41, 5.74) is 13.5. The molecule has 0 bridgehead atoms. The van der Waals surface area contributed by atoms with Crippen LogP contribution in [0, 0.1) is 5.92 Å². The SMILES string of the molecule is CC(=O)C1=C(C=Cc2ccc(CCl)cc2)CS[C@@H]2[C@H](CC(=O)Cc3ccccc3)C(=O)N12.CC(=O)C1=C(C=Cc2ccc(CCl)cc2)CS[C@@H]2[C@H](N)C(=O)N12. The number of alkyl halides is 2. The molecule has 0 saturated carbocycles. The molecule has 7 rings (SSSR count). The maximum absolute atomic E-state index is 12.9. The molecule has 2 fully saturated rings. The number of hydrogen-bond donors (Lipinski definition) is 1. The van der Waals surface area contributed by atoms with E-state index in [1.807, 2.05) is 103 Å². The highest BCUT2D eigenvalue weighted by atomic mass is 35.5. The Hall–Kier alpha value is -4.19. The molecule has 4 heterocycles. The van der Waals surface area contributed by atoms with Gasteiger partial charge in [-0.15, -0.1) is 46.7 Å². The Morgan fingerprint density at radius 2 is 1.15 bits per heavy atom. The van der Waals surface area contributed by atoms with Gasteiger partial charge in [-0.2, -0.15) is 0 Å². The highest BCUT2D eigenvalue weighted by Crippen LogP contribution is 2.46. The second-order valence-corrected chi connectivity index (χ2v) is 16.4. The van der Waals surface area contributed by atoms with Crippen LogP contribution in [0.2, 0.25) is 0 Å². The Morgan fingerprint density at radius 3 is 1.62 bits per heavy atom.